The van der Waals surface area contributed by atoms with Crippen LogP contribution in [0.1, 0.15) is 19.0 Å². The zero-order chi connectivity index (χ0) is 8.65. The van der Waals surface area contributed by atoms with Gasteiger partial charge in [-0.1, -0.05) is 18.1 Å². The molecule has 3 nitrogen and oxygen atoms in total. The van der Waals surface area contributed by atoms with Gasteiger partial charge in [0.25, 0.3) is 0 Å². The van der Waals surface area contributed by atoms with Gasteiger partial charge in [0.05, 0.1) is 5.69 Å². The number of pyridine rings is 1. The van der Waals surface area contributed by atoms with E-state index >= 15 is 0 Å². The Balaban J connectivity index is 2.29. The summed E-state index contributed by atoms with van der Waals surface area (Å²) < 4.78 is 0. The van der Waals surface area contributed by atoms with Crippen molar-refractivity contribution in [1.29, 1.82) is 0 Å². The predicted molar refractivity (Wildman–Crippen MR) is 47.8 cm³/mol. The van der Waals surface area contributed by atoms with E-state index in [9.17, 15) is 0 Å². The summed E-state index contributed by atoms with van der Waals surface area (Å²) in [6, 6.07) is 5.70. The molecule has 1 aromatic heterocycles. The second kappa shape index (κ2) is 5.29. The lowest BCUT2D eigenvalue weighted by atomic mass is 10.4. The van der Waals surface area contributed by atoms with Gasteiger partial charge in [-0.15, -0.1) is 0 Å². The van der Waals surface area contributed by atoms with Gasteiger partial charge in [-0.25, -0.2) is 0 Å². The van der Waals surface area contributed by atoms with Crippen LogP contribution in [0.3, 0.4) is 0 Å². The fourth-order valence-electron chi connectivity index (χ4n) is 0.714. The largest absolute Gasteiger partial charge is 0.390 e. The predicted octanol–water partition coefficient (Wildman–Crippen LogP) is 1.99. The molecule has 0 aromatic carbocycles. The van der Waals surface area contributed by atoms with Crippen molar-refractivity contribution >= 4 is 6.21 Å². The van der Waals surface area contributed by atoms with Gasteiger partial charge in [0, 0.05) is 12.4 Å². The van der Waals surface area contributed by atoms with Crippen molar-refractivity contribution in [1.82, 2.24) is 4.98 Å². The van der Waals surface area contributed by atoms with E-state index in [0.717, 1.165) is 12.1 Å². The van der Waals surface area contributed by atoms with Crippen LogP contribution in [0.4, 0.5) is 0 Å². The molecule has 0 atom stereocenters. The maximum atomic E-state index is 4.97. The summed E-state index contributed by atoms with van der Waals surface area (Å²) in [5.74, 6) is 0. The molecule has 0 spiro atoms. The number of hydrogen-bond acceptors (Lipinski definition) is 3. The average molecular weight is 164 g/mol. The van der Waals surface area contributed by atoms with Crippen molar-refractivity contribution in [2.45, 2.75) is 20.0 Å². The number of oxime groups is 1. The minimum absolute atomic E-state index is 0.442. The lowest BCUT2D eigenvalue weighted by molar-refractivity contribution is 0.128. The Morgan fingerprint density at radius 1 is 1.58 bits per heavy atom. The van der Waals surface area contributed by atoms with Crippen LogP contribution in [0.15, 0.2) is 29.6 Å². The zero-order valence-electron chi connectivity index (χ0n) is 7.10. The van der Waals surface area contributed by atoms with Gasteiger partial charge in [-0.3, -0.25) is 4.98 Å². The summed E-state index contributed by atoms with van der Waals surface area (Å²) in [5.41, 5.74) is 0.894. The molecule has 3 heteroatoms. The Hall–Kier alpha value is -1.38. The van der Waals surface area contributed by atoms with E-state index < -0.39 is 0 Å². The van der Waals surface area contributed by atoms with Crippen molar-refractivity contribution in [3.8, 4) is 0 Å². The summed E-state index contributed by atoms with van der Waals surface area (Å²) in [7, 11) is 0. The molecule has 0 fully saturated rings. The molecule has 0 saturated carbocycles. The smallest absolute Gasteiger partial charge is 0.159 e. The van der Waals surface area contributed by atoms with Gasteiger partial charge in [0.15, 0.2) is 6.61 Å². The highest BCUT2D eigenvalue weighted by Crippen LogP contribution is 1.95. The van der Waals surface area contributed by atoms with E-state index in [1.54, 1.807) is 12.4 Å². The lowest BCUT2D eigenvalue weighted by Crippen LogP contribution is -1.89. The Morgan fingerprint density at radius 3 is 3.17 bits per heavy atom. The first-order chi connectivity index (χ1) is 5.93. The van der Waals surface area contributed by atoms with Crippen molar-refractivity contribution in [3.05, 3.63) is 30.1 Å². The number of hydrogen-bond donors (Lipinski definition) is 0. The Labute approximate surface area is 72.1 Å². The number of nitrogens with zero attached hydrogens (tertiary/aromatic N) is 2. The van der Waals surface area contributed by atoms with Crippen molar-refractivity contribution in [2.24, 2.45) is 5.16 Å². The Morgan fingerprint density at radius 2 is 2.50 bits per heavy atom. The van der Waals surface area contributed by atoms with Crippen molar-refractivity contribution in [3.63, 3.8) is 0 Å². The lowest BCUT2D eigenvalue weighted by Gasteiger charge is -1.96. The van der Waals surface area contributed by atoms with E-state index in [0.29, 0.717) is 6.61 Å². The van der Waals surface area contributed by atoms with E-state index in [-0.39, 0.29) is 0 Å². The summed E-state index contributed by atoms with van der Waals surface area (Å²) >= 11 is 0. The third kappa shape index (κ3) is 3.14. The second-order valence-corrected chi connectivity index (χ2v) is 2.29. The van der Waals surface area contributed by atoms with Crippen LogP contribution in [0.25, 0.3) is 0 Å². The molecule has 0 unspecified atom stereocenters. The van der Waals surface area contributed by atoms with Crippen LogP contribution in [0, 0.1) is 0 Å². The second-order valence-electron chi connectivity index (χ2n) is 2.29. The zero-order valence-corrected chi connectivity index (χ0v) is 7.10. The van der Waals surface area contributed by atoms with Gasteiger partial charge < -0.3 is 4.84 Å². The van der Waals surface area contributed by atoms with Crippen LogP contribution in [-0.4, -0.2) is 11.2 Å². The minimum Gasteiger partial charge on any atom is -0.390 e. The molecule has 12 heavy (non-hydrogen) atoms. The van der Waals surface area contributed by atoms with Crippen LogP contribution >= 0.6 is 0 Å². The average Bonchev–Trinajstić information content (AvgIpc) is 2.14. The first kappa shape index (κ1) is 8.71. The molecule has 1 rings (SSSR count). The molecule has 0 aliphatic rings. The van der Waals surface area contributed by atoms with Crippen LogP contribution in [0.5, 0.6) is 0 Å². The van der Waals surface area contributed by atoms with Gasteiger partial charge >= 0.3 is 0 Å². The van der Waals surface area contributed by atoms with E-state index in [2.05, 4.69) is 10.1 Å². The molecule has 1 heterocycles. The van der Waals surface area contributed by atoms with Gasteiger partial charge in [-0.2, -0.15) is 0 Å². The first-order valence-electron chi connectivity index (χ1n) is 3.97. The molecule has 0 saturated heterocycles. The highest BCUT2D eigenvalue weighted by atomic mass is 16.6. The Bertz CT molecular complexity index is 234. The van der Waals surface area contributed by atoms with Crippen LogP contribution < -0.4 is 0 Å². The molecule has 0 amide bonds. The molecule has 1 aromatic rings. The Kier molecular flexibility index (Phi) is 3.84. The molecule has 0 bridgehead atoms. The van der Waals surface area contributed by atoms with Crippen molar-refractivity contribution < 1.29 is 4.84 Å². The highest BCUT2D eigenvalue weighted by Gasteiger charge is 1.89. The fraction of sp³-hybridized carbons (Fsp3) is 0.333. The molecular weight excluding hydrogens is 152 g/mol. The molecule has 0 aliphatic heterocycles. The third-order valence-electron chi connectivity index (χ3n) is 1.27. The number of aromatic nitrogens is 1. The summed E-state index contributed by atoms with van der Waals surface area (Å²) in [6.07, 6.45) is 4.35. The topological polar surface area (TPSA) is 34.5 Å². The molecule has 0 N–H and O–H groups in total. The summed E-state index contributed by atoms with van der Waals surface area (Å²) in [4.78, 5) is 9.04. The van der Waals surface area contributed by atoms with Crippen molar-refractivity contribution in [2.75, 3.05) is 0 Å². The maximum Gasteiger partial charge on any atom is 0.159 e. The number of rotatable bonds is 4. The maximum absolute atomic E-state index is 4.97. The molecule has 64 valence electrons. The van der Waals surface area contributed by atoms with Gasteiger partial charge in [-0.05, 0) is 18.6 Å². The van der Waals surface area contributed by atoms with Crippen LogP contribution in [-0.2, 0) is 11.4 Å². The molecule has 0 radical (unpaired) electrons. The summed E-state index contributed by atoms with van der Waals surface area (Å²) in [5, 5.41) is 3.72. The van der Waals surface area contributed by atoms with Gasteiger partial charge in [0.1, 0.15) is 0 Å². The summed E-state index contributed by atoms with van der Waals surface area (Å²) in [6.45, 7) is 2.45. The standard InChI is InChI=1S/C9H12N2O/c1-2-6-11-12-8-9-5-3-4-7-10-9/h3-7H,2,8H2,1H3/b11-6+. The SMILES string of the molecule is CC/C=N/OCc1ccccn1. The van der Waals surface area contributed by atoms with E-state index in [1.807, 2.05) is 25.1 Å². The monoisotopic (exact) mass is 164 g/mol. The van der Waals surface area contributed by atoms with Gasteiger partial charge in [0.2, 0.25) is 0 Å². The molecular formula is C9H12N2O. The third-order valence-corrected chi connectivity index (χ3v) is 1.27. The normalized spacial score (nSPS) is 10.4. The van der Waals surface area contributed by atoms with E-state index in [4.69, 9.17) is 4.84 Å². The quantitative estimate of drug-likeness (QED) is 0.504. The minimum atomic E-state index is 0.442. The fourth-order valence-corrected chi connectivity index (χ4v) is 0.714. The first-order valence-corrected chi connectivity index (χ1v) is 3.97. The van der Waals surface area contributed by atoms with Crippen LogP contribution in [0.2, 0.25) is 0 Å². The highest BCUT2D eigenvalue weighted by molar-refractivity contribution is 5.55. The van der Waals surface area contributed by atoms with E-state index in [1.165, 1.54) is 0 Å². The molecule has 0 aliphatic carbocycles.